The van der Waals surface area contributed by atoms with Gasteiger partial charge in [0, 0.05) is 24.8 Å². The lowest BCUT2D eigenvalue weighted by molar-refractivity contribution is 0.484. The zero-order valence-corrected chi connectivity index (χ0v) is 10.8. The van der Waals surface area contributed by atoms with Gasteiger partial charge in [0.05, 0.1) is 0 Å². The van der Waals surface area contributed by atoms with E-state index < -0.39 is 22.5 Å². The average molecular weight is 279 g/mol. The molecule has 0 aliphatic rings. The SMILES string of the molecule is Cc1cn(CCCn2ncc(=O)[nH]c2=O)c(=O)[nH]c1=O. The van der Waals surface area contributed by atoms with Gasteiger partial charge in [-0.3, -0.25) is 19.6 Å². The summed E-state index contributed by atoms with van der Waals surface area (Å²) < 4.78 is 2.46. The molecule has 0 aliphatic heterocycles. The van der Waals surface area contributed by atoms with Crippen LogP contribution in [0.15, 0.2) is 31.6 Å². The number of nitrogens with one attached hydrogen (secondary N) is 2. The molecule has 0 atom stereocenters. The number of nitrogens with zero attached hydrogens (tertiary/aromatic N) is 3. The first kappa shape index (κ1) is 13.7. The fraction of sp³-hybridized carbons (Fsp3) is 0.364. The van der Waals surface area contributed by atoms with E-state index in [1.165, 1.54) is 10.8 Å². The van der Waals surface area contributed by atoms with E-state index in [0.29, 0.717) is 18.5 Å². The van der Waals surface area contributed by atoms with Crippen LogP contribution < -0.4 is 22.5 Å². The molecule has 9 nitrogen and oxygen atoms in total. The van der Waals surface area contributed by atoms with Crippen molar-refractivity contribution in [3.63, 3.8) is 0 Å². The van der Waals surface area contributed by atoms with E-state index in [0.717, 1.165) is 10.9 Å². The third-order valence-electron chi connectivity index (χ3n) is 2.74. The molecule has 20 heavy (non-hydrogen) atoms. The predicted octanol–water partition coefficient (Wildman–Crippen LogP) is -1.82. The fourth-order valence-corrected chi connectivity index (χ4v) is 1.71. The number of aromatic amines is 2. The predicted molar refractivity (Wildman–Crippen MR) is 69.8 cm³/mol. The number of hydrogen-bond acceptors (Lipinski definition) is 5. The quantitative estimate of drug-likeness (QED) is 0.682. The molecular formula is C11H13N5O4. The fourth-order valence-electron chi connectivity index (χ4n) is 1.71. The third kappa shape index (κ3) is 2.99. The van der Waals surface area contributed by atoms with Crippen LogP contribution in [0.1, 0.15) is 12.0 Å². The largest absolute Gasteiger partial charge is 0.344 e. The summed E-state index contributed by atoms with van der Waals surface area (Å²) in [5.74, 6) is 0. The summed E-state index contributed by atoms with van der Waals surface area (Å²) in [6.45, 7) is 2.17. The van der Waals surface area contributed by atoms with Crippen LogP contribution in [0.3, 0.4) is 0 Å². The molecule has 2 heterocycles. The summed E-state index contributed by atoms with van der Waals surface area (Å²) in [7, 11) is 0. The normalized spacial score (nSPS) is 10.7. The lowest BCUT2D eigenvalue weighted by Crippen LogP contribution is -2.33. The molecule has 0 bridgehead atoms. The van der Waals surface area contributed by atoms with Gasteiger partial charge in [0.15, 0.2) is 0 Å². The van der Waals surface area contributed by atoms with Crippen molar-refractivity contribution in [2.45, 2.75) is 26.4 Å². The van der Waals surface area contributed by atoms with Gasteiger partial charge in [-0.2, -0.15) is 5.10 Å². The highest BCUT2D eigenvalue weighted by molar-refractivity contribution is 5.00. The zero-order chi connectivity index (χ0) is 14.7. The maximum absolute atomic E-state index is 11.5. The van der Waals surface area contributed by atoms with Gasteiger partial charge in [0.2, 0.25) is 0 Å². The van der Waals surface area contributed by atoms with Crippen molar-refractivity contribution >= 4 is 0 Å². The molecule has 2 rings (SSSR count). The standard InChI is InChI=1S/C11H13N5O4/c1-7-6-15(10(19)14-9(7)18)3-2-4-16-11(20)13-8(17)5-12-16/h5-6H,2-4H2,1H3,(H,13,17,20)(H,14,18,19). The number of rotatable bonds is 4. The van der Waals surface area contributed by atoms with Gasteiger partial charge in [0.1, 0.15) is 6.20 Å². The van der Waals surface area contributed by atoms with E-state index >= 15 is 0 Å². The van der Waals surface area contributed by atoms with E-state index in [-0.39, 0.29) is 6.54 Å². The molecule has 0 fully saturated rings. The molecule has 0 aliphatic carbocycles. The third-order valence-corrected chi connectivity index (χ3v) is 2.74. The molecule has 0 saturated heterocycles. The lowest BCUT2D eigenvalue weighted by atomic mass is 10.3. The zero-order valence-electron chi connectivity index (χ0n) is 10.8. The molecule has 9 heteroatoms. The number of H-pyrrole nitrogens is 2. The summed E-state index contributed by atoms with van der Waals surface area (Å²) in [4.78, 5) is 49.2. The highest BCUT2D eigenvalue weighted by Gasteiger charge is 2.02. The van der Waals surface area contributed by atoms with Crippen LogP contribution in [-0.4, -0.2) is 24.3 Å². The van der Waals surface area contributed by atoms with Gasteiger partial charge in [-0.15, -0.1) is 0 Å². The average Bonchev–Trinajstić information content (AvgIpc) is 2.38. The van der Waals surface area contributed by atoms with E-state index in [2.05, 4.69) is 15.1 Å². The van der Waals surface area contributed by atoms with Crippen LogP contribution in [0.2, 0.25) is 0 Å². The van der Waals surface area contributed by atoms with Crippen molar-refractivity contribution in [3.05, 3.63) is 59.6 Å². The topological polar surface area (TPSA) is 123 Å². The highest BCUT2D eigenvalue weighted by atomic mass is 16.2. The van der Waals surface area contributed by atoms with Gasteiger partial charge < -0.3 is 4.57 Å². The number of aryl methyl sites for hydroxylation is 3. The second kappa shape index (κ2) is 5.51. The van der Waals surface area contributed by atoms with Gasteiger partial charge in [-0.1, -0.05) is 0 Å². The first-order chi connectivity index (χ1) is 9.47. The van der Waals surface area contributed by atoms with Crippen LogP contribution in [0.5, 0.6) is 0 Å². The maximum Gasteiger partial charge on any atom is 0.344 e. The molecule has 0 radical (unpaired) electrons. The first-order valence-corrected chi connectivity index (χ1v) is 5.94. The Hall–Kier alpha value is -2.71. The van der Waals surface area contributed by atoms with E-state index in [1.807, 2.05) is 0 Å². The van der Waals surface area contributed by atoms with Crippen LogP contribution in [0.4, 0.5) is 0 Å². The van der Waals surface area contributed by atoms with Crippen LogP contribution in [-0.2, 0) is 13.1 Å². The molecule has 2 N–H and O–H groups in total. The second-order valence-electron chi connectivity index (χ2n) is 4.28. The van der Waals surface area contributed by atoms with Crippen molar-refractivity contribution in [2.75, 3.05) is 0 Å². The maximum atomic E-state index is 11.5. The minimum absolute atomic E-state index is 0.250. The van der Waals surface area contributed by atoms with Crippen LogP contribution in [0, 0.1) is 6.92 Å². The summed E-state index contributed by atoms with van der Waals surface area (Å²) >= 11 is 0. The molecule has 0 amide bonds. The Balaban J connectivity index is 2.08. The van der Waals surface area contributed by atoms with Crippen molar-refractivity contribution in [1.82, 2.24) is 24.3 Å². The van der Waals surface area contributed by atoms with Gasteiger partial charge in [-0.05, 0) is 13.3 Å². The summed E-state index contributed by atoms with van der Waals surface area (Å²) in [5.41, 5.74) is -1.63. The van der Waals surface area contributed by atoms with Crippen molar-refractivity contribution < 1.29 is 0 Å². The molecule has 0 saturated carbocycles. The summed E-state index contributed by atoms with van der Waals surface area (Å²) in [5, 5.41) is 3.68. The van der Waals surface area contributed by atoms with Crippen molar-refractivity contribution in [1.29, 1.82) is 0 Å². The number of hydrogen-bond donors (Lipinski definition) is 2. The Bertz CT molecular complexity index is 841. The second-order valence-corrected chi connectivity index (χ2v) is 4.28. The molecule has 0 unspecified atom stereocenters. The van der Waals surface area contributed by atoms with E-state index in [4.69, 9.17) is 0 Å². The first-order valence-electron chi connectivity index (χ1n) is 5.94. The van der Waals surface area contributed by atoms with Crippen molar-refractivity contribution in [3.8, 4) is 0 Å². The van der Waals surface area contributed by atoms with Crippen molar-refractivity contribution in [2.24, 2.45) is 0 Å². The van der Waals surface area contributed by atoms with Gasteiger partial charge in [-0.25, -0.2) is 14.3 Å². The molecule has 2 aromatic heterocycles. The molecule has 0 aromatic carbocycles. The molecule has 2 aromatic rings. The Morgan fingerprint density at radius 3 is 2.55 bits per heavy atom. The lowest BCUT2D eigenvalue weighted by Gasteiger charge is -2.06. The molecule has 0 spiro atoms. The molecule has 106 valence electrons. The van der Waals surface area contributed by atoms with E-state index in [9.17, 15) is 19.2 Å². The number of aromatic nitrogens is 5. The smallest absolute Gasteiger partial charge is 0.300 e. The summed E-state index contributed by atoms with van der Waals surface area (Å²) in [6.07, 6.45) is 2.92. The van der Waals surface area contributed by atoms with Crippen LogP contribution >= 0.6 is 0 Å². The Kier molecular flexibility index (Phi) is 3.78. The van der Waals surface area contributed by atoms with Gasteiger partial charge >= 0.3 is 11.4 Å². The van der Waals surface area contributed by atoms with E-state index in [1.54, 1.807) is 6.92 Å². The monoisotopic (exact) mass is 279 g/mol. The highest BCUT2D eigenvalue weighted by Crippen LogP contribution is 1.90. The summed E-state index contributed by atoms with van der Waals surface area (Å²) in [6, 6.07) is 0. The molecular weight excluding hydrogens is 266 g/mol. The minimum atomic E-state index is -0.595. The Morgan fingerprint density at radius 1 is 1.10 bits per heavy atom. The van der Waals surface area contributed by atoms with Gasteiger partial charge in [0.25, 0.3) is 11.1 Å². The van der Waals surface area contributed by atoms with Crippen LogP contribution in [0.25, 0.3) is 0 Å². The minimum Gasteiger partial charge on any atom is -0.300 e. The Labute approximate surface area is 111 Å². The Morgan fingerprint density at radius 2 is 1.85 bits per heavy atom.